The van der Waals surface area contributed by atoms with Gasteiger partial charge >= 0.3 is 12.1 Å². The Morgan fingerprint density at radius 2 is 1.57 bits per heavy atom. The number of anilines is 1. The molecule has 0 aromatic heterocycles. The molecule has 0 radical (unpaired) electrons. The minimum Gasteiger partial charge on any atom is -0.487 e. The fraction of sp³-hybridized carbons (Fsp3) is 0.0909. The molecule has 3 aromatic carbocycles. The van der Waals surface area contributed by atoms with Gasteiger partial charge in [0.1, 0.15) is 12.4 Å². The van der Waals surface area contributed by atoms with Gasteiger partial charge in [-0.05, 0) is 99.6 Å². The first-order chi connectivity index (χ1) is 16.3. The molecule has 0 fully saturated rings. The SMILES string of the molecule is O=C(O)c1c(Br)c(Br)c(Br)c(Br)c1C(=O)Nc1ccc(OCc2cccc(C(F)(F)F)c2)c(Cl)c1. The Kier molecular flexibility index (Phi) is 8.96. The van der Waals surface area contributed by atoms with Crippen molar-refractivity contribution in [3.8, 4) is 5.75 Å². The first-order valence-electron chi connectivity index (χ1n) is 9.30. The molecule has 0 unspecified atom stereocenters. The molecule has 2 N–H and O–H groups in total. The van der Waals surface area contributed by atoms with Gasteiger partial charge in [-0.25, -0.2) is 4.79 Å². The first-order valence-corrected chi connectivity index (χ1v) is 12.8. The monoisotopic (exact) mass is 761 g/mol. The minimum atomic E-state index is -4.47. The second kappa shape index (κ2) is 11.2. The molecule has 0 heterocycles. The van der Waals surface area contributed by atoms with Gasteiger partial charge in [0.05, 0.1) is 21.7 Å². The number of carbonyl (C=O) groups is 2. The number of benzene rings is 3. The lowest BCUT2D eigenvalue weighted by Gasteiger charge is -2.15. The Hall–Kier alpha value is -1.60. The summed E-state index contributed by atoms with van der Waals surface area (Å²) >= 11 is 19.2. The third-order valence-electron chi connectivity index (χ3n) is 4.55. The van der Waals surface area contributed by atoms with Gasteiger partial charge < -0.3 is 15.2 Å². The highest BCUT2D eigenvalue weighted by molar-refractivity contribution is 9.15. The molecule has 35 heavy (non-hydrogen) atoms. The Balaban J connectivity index is 1.81. The Bertz CT molecular complexity index is 1340. The molecular formula is C22H11Br4ClF3NO4. The van der Waals surface area contributed by atoms with Crippen molar-refractivity contribution in [3.63, 3.8) is 0 Å². The first kappa shape index (κ1) is 28.0. The minimum absolute atomic E-state index is 0.0884. The van der Waals surface area contributed by atoms with Crippen molar-refractivity contribution in [1.82, 2.24) is 0 Å². The summed E-state index contributed by atoms with van der Waals surface area (Å²) in [7, 11) is 0. The number of hydrogen-bond donors (Lipinski definition) is 2. The van der Waals surface area contributed by atoms with Crippen LogP contribution in [0.4, 0.5) is 18.9 Å². The summed E-state index contributed by atoms with van der Waals surface area (Å²) in [5.74, 6) is -1.87. The molecule has 0 saturated carbocycles. The smallest absolute Gasteiger partial charge is 0.416 e. The van der Waals surface area contributed by atoms with Crippen LogP contribution in [0.2, 0.25) is 5.02 Å². The van der Waals surface area contributed by atoms with Gasteiger partial charge in [-0.2, -0.15) is 13.2 Å². The number of nitrogens with one attached hydrogen (secondary N) is 1. The Morgan fingerprint density at radius 1 is 0.943 bits per heavy atom. The molecular weight excluding hydrogens is 754 g/mol. The Labute approximate surface area is 235 Å². The zero-order valence-electron chi connectivity index (χ0n) is 16.9. The van der Waals surface area contributed by atoms with E-state index >= 15 is 0 Å². The number of hydrogen-bond acceptors (Lipinski definition) is 3. The van der Waals surface area contributed by atoms with Gasteiger partial charge in [-0.1, -0.05) is 23.7 Å². The molecule has 0 spiro atoms. The molecule has 0 aliphatic heterocycles. The van der Waals surface area contributed by atoms with Gasteiger partial charge in [-0.3, -0.25) is 4.79 Å². The van der Waals surface area contributed by atoms with Crippen LogP contribution in [0.3, 0.4) is 0 Å². The second-order valence-electron chi connectivity index (χ2n) is 6.90. The van der Waals surface area contributed by atoms with Crippen molar-refractivity contribution < 1.29 is 32.6 Å². The van der Waals surface area contributed by atoms with Crippen molar-refractivity contribution in [1.29, 1.82) is 0 Å². The van der Waals surface area contributed by atoms with Gasteiger partial charge in [-0.15, -0.1) is 0 Å². The molecule has 0 atom stereocenters. The molecule has 0 aliphatic rings. The average molecular weight is 765 g/mol. The van der Waals surface area contributed by atoms with Gasteiger partial charge in [0.25, 0.3) is 5.91 Å². The van der Waals surface area contributed by atoms with E-state index in [-0.39, 0.29) is 43.1 Å². The number of amides is 1. The lowest BCUT2D eigenvalue weighted by molar-refractivity contribution is -0.137. The quantitative estimate of drug-likeness (QED) is 0.194. The maximum atomic E-state index is 13.0. The van der Waals surface area contributed by atoms with Crippen LogP contribution in [0.1, 0.15) is 31.8 Å². The number of carboxylic acid groups (broad SMARTS) is 1. The summed E-state index contributed by atoms with van der Waals surface area (Å²) in [5, 5.41) is 12.3. The maximum Gasteiger partial charge on any atom is 0.416 e. The van der Waals surface area contributed by atoms with Gasteiger partial charge in [0.15, 0.2) is 0 Å². The lowest BCUT2D eigenvalue weighted by Crippen LogP contribution is -2.18. The van der Waals surface area contributed by atoms with Crippen molar-refractivity contribution in [2.45, 2.75) is 12.8 Å². The Morgan fingerprint density at radius 3 is 2.14 bits per heavy atom. The highest BCUT2D eigenvalue weighted by Gasteiger charge is 2.30. The van der Waals surface area contributed by atoms with E-state index in [1.54, 1.807) is 0 Å². The van der Waals surface area contributed by atoms with Crippen molar-refractivity contribution in [2.24, 2.45) is 0 Å². The second-order valence-corrected chi connectivity index (χ2v) is 10.5. The predicted octanol–water partition coefficient (Wildman–Crippen LogP) is 8.94. The van der Waals surface area contributed by atoms with Gasteiger partial charge in [0, 0.05) is 23.6 Å². The van der Waals surface area contributed by atoms with E-state index in [9.17, 15) is 27.9 Å². The van der Waals surface area contributed by atoms with Crippen molar-refractivity contribution >= 4 is 92.9 Å². The molecule has 3 rings (SSSR count). The van der Waals surface area contributed by atoms with Crippen LogP contribution in [0.25, 0.3) is 0 Å². The number of carboxylic acids is 1. The highest BCUT2D eigenvalue weighted by atomic mass is 79.9. The molecule has 0 bridgehead atoms. The zero-order chi connectivity index (χ0) is 26.1. The van der Waals surface area contributed by atoms with E-state index in [0.29, 0.717) is 14.5 Å². The number of alkyl halides is 3. The predicted molar refractivity (Wildman–Crippen MR) is 139 cm³/mol. The fourth-order valence-corrected chi connectivity index (χ4v) is 5.64. The summed E-state index contributed by atoms with van der Waals surface area (Å²) in [6.07, 6.45) is -4.47. The normalized spacial score (nSPS) is 11.3. The fourth-order valence-electron chi connectivity index (χ4n) is 2.93. The van der Waals surface area contributed by atoms with E-state index in [0.717, 1.165) is 12.1 Å². The van der Waals surface area contributed by atoms with E-state index in [4.69, 9.17) is 16.3 Å². The standard InChI is InChI=1S/C22H11Br4ClF3NO4/c23-16-14(15(21(33)34)17(24)19(26)18(16)25)20(32)31-11-4-5-13(12(27)7-11)35-8-9-2-1-3-10(6-9)22(28,29)30/h1-7H,8H2,(H,31,32)(H,33,34). The van der Waals surface area contributed by atoms with E-state index < -0.39 is 23.6 Å². The topological polar surface area (TPSA) is 75.6 Å². The molecule has 0 saturated heterocycles. The third-order valence-corrected chi connectivity index (χ3v) is 9.61. The molecule has 5 nitrogen and oxygen atoms in total. The largest absolute Gasteiger partial charge is 0.487 e. The number of aromatic carboxylic acids is 1. The van der Waals surface area contributed by atoms with Crippen LogP contribution in [-0.4, -0.2) is 17.0 Å². The average Bonchev–Trinajstić information content (AvgIpc) is 2.78. The number of ether oxygens (including phenoxy) is 1. The van der Waals surface area contributed by atoms with Crippen molar-refractivity contribution in [2.75, 3.05) is 5.32 Å². The van der Waals surface area contributed by atoms with Gasteiger partial charge in [0.2, 0.25) is 0 Å². The molecule has 13 heteroatoms. The molecule has 1 amide bonds. The van der Waals surface area contributed by atoms with Crippen LogP contribution in [-0.2, 0) is 12.8 Å². The molecule has 184 valence electrons. The molecule has 3 aromatic rings. The maximum absolute atomic E-state index is 13.0. The lowest BCUT2D eigenvalue weighted by atomic mass is 10.1. The summed E-state index contributed by atoms with van der Waals surface area (Å²) in [4.78, 5) is 24.8. The van der Waals surface area contributed by atoms with E-state index in [1.807, 2.05) is 0 Å². The number of carbonyl (C=O) groups excluding carboxylic acids is 1. The van der Waals surface area contributed by atoms with Crippen LogP contribution in [0.5, 0.6) is 5.75 Å². The van der Waals surface area contributed by atoms with E-state index in [1.165, 1.54) is 30.3 Å². The van der Waals surface area contributed by atoms with Crippen LogP contribution >= 0.6 is 75.3 Å². The summed E-state index contributed by atoms with van der Waals surface area (Å²) in [5.41, 5.74) is -0.659. The van der Waals surface area contributed by atoms with Crippen LogP contribution in [0.15, 0.2) is 60.4 Å². The number of rotatable bonds is 6. The molecule has 0 aliphatic carbocycles. The summed E-state index contributed by atoms with van der Waals surface area (Å²) in [6.45, 7) is -0.161. The zero-order valence-corrected chi connectivity index (χ0v) is 24.0. The number of halogens is 8. The highest BCUT2D eigenvalue weighted by Crippen LogP contribution is 2.42. The van der Waals surface area contributed by atoms with Crippen LogP contribution < -0.4 is 10.1 Å². The third kappa shape index (κ3) is 6.40. The van der Waals surface area contributed by atoms with Crippen LogP contribution in [0, 0.1) is 0 Å². The summed E-state index contributed by atoms with van der Waals surface area (Å²) < 4.78 is 45.4. The van der Waals surface area contributed by atoms with E-state index in [2.05, 4.69) is 69.0 Å². The summed E-state index contributed by atoms with van der Waals surface area (Å²) in [6, 6.07) is 8.99. The van der Waals surface area contributed by atoms with Crippen molar-refractivity contribution in [3.05, 3.63) is 87.6 Å².